The first-order valence-corrected chi connectivity index (χ1v) is 6.62. The van der Waals surface area contributed by atoms with Crippen molar-refractivity contribution in [2.24, 2.45) is 0 Å². The van der Waals surface area contributed by atoms with Gasteiger partial charge in [-0.1, -0.05) is 0 Å². The Morgan fingerprint density at radius 2 is 2.10 bits per heavy atom. The molecule has 112 valence electrons. The number of benzene rings is 1. The van der Waals surface area contributed by atoms with Gasteiger partial charge in [0.05, 0.1) is 4.92 Å². The van der Waals surface area contributed by atoms with E-state index in [1.807, 2.05) is 0 Å². The number of nitro groups is 1. The van der Waals surface area contributed by atoms with Crippen molar-refractivity contribution in [1.29, 1.82) is 0 Å². The van der Waals surface area contributed by atoms with E-state index in [0.717, 1.165) is 6.20 Å². The summed E-state index contributed by atoms with van der Waals surface area (Å²) in [5.74, 6) is 0.103. The second-order valence-electron chi connectivity index (χ2n) is 4.15. The Bertz CT molecular complexity index is 698. The second-order valence-corrected chi connectivity index (χ2v) is 5.01. The third-order valence-electron chi connectivity index (χ3n) is 2.81. The maximum Gasteiger partial charge on any atom is 0.434 e. The highest BCUT2D eigenvalue weighted by molar-refractivity contribution is 9.10. The number of alkyl halides is 3. The Hall–Kier alpha value is -1.90. The first-order valence-electron chi connectivity index (χ1n) is 5.82. The van der Waals surface area contributed by atoms with Crippen molar-refractivity contribution in [3.63, 3.8) is 0 Å². The molecule has 0 spiro atoms. The van der Waals surface area contributed by atoms with Crippen molar-refractivity contribution < 1.29 is 18.1 Å². The molecule has 0 aliphatic carbocycles. The van der Waals surface area contributed by atoms with Crippen LogP contribution in [-0.4, -0.2) is 14.5 Å². The van der Waals surface area contributed by atoms with Crippen molar-refractivity contribution in [2.45, 2.75) is 19.6 Å². The van der Waals surface area contributed by atoms with Crippen LogP contribution in [0.5, 0.6) is 0 Å². The number of hydrogen-bond acceptors (Lipinski definition) is 3. The molecule has 1 heterocycles. The fraction of sp³-hybridized carbons (Fsp3) is 0.250. The van der Waals surface area contributed by atoms with Crippen molar-refractivity contribution in [3.05, 3.63) is 44.7 Å². The lowest BCUT2D eigenvalue weighted by molar-refractivity contribution is -0.384. The van der Waals surface area contributed by atoms with Crippen LogP contribution >= 0.6 is 15.9 Å². The lowest BCUT2D eigenvalue weighted by atomic mass is 10.2. The molecule has 0 fully saturated rings. The molecule has 0 unspecified atom stereocenters. The number of non-ortho nitro benzene ring substituents is 1. The number of aryl methyl sites for hydroxylation is 1. The Labute approximate surface area is 125 Å². The lowest BCUT2D eigenvalue weighted by Crippen LogP contribution is -2.05. The first-order chi connectivity index (χ1) is 9.74. The fourth-order valence-electron chi connectivity index (χ4n) is 1.81. The van der Waals surface area contributed by atoms with Crippen LogP contribution in [0.15, 0.2) is 28.9 Å². The van der Waals surface area contributed by atoms with Gasteiger partial charge in [0.1, 0.15) is 5.82 Å². The van der Waals surface area contributed by atoms with Crippen LogP contribution in [0, 0.1) is 10.1 Å². The van der Waals surface area contributed by atoms with E-state index in [9.17, 15) is 23.3 Å². The Morgan fingerprint density at radius 3 is 2.57 bits per heavy atom. The third kappa shape index (κ3) is 3.07. The van der Waals surface area contributed by atoms with E-state index in [1.165, 1.54) is 22.8 Å². The van der Waals surface area contributed by atoms with Gasteiger partial charge in [-0.15, -0.1) is 0 Å². The standard InChI is InChI=1S/C12H9BrF3N3O2/c1-2-18-6-10(12(14,15)16)17-11(18)8-4-3-7(19(20)21)5-9(8)13/h3-6H,2H2,1H3. The molecule has 0 amide bonds. The van der Waals surface area contributed by atoms with Gasteiger partial charge in [0.25, 0.3) is 5.69 Å². The monoisotopic (exact) mass is 363 g/mol. The molecule has 9 heteroatoms. The fourth-order valence-corrected chi connectivity index (χ4v) is 2.35. The number of nitro benzene ring substituents is 1. The molecule has 0 saturated carbocycles. The van der Waals surface area contributed by atoms with Crippen LogP contribution in [0.1, 0.15) is 12.6 Å². The topological polar surface area (TPSA) is 61.0 Å². The van der Waals surface area contributed by atoms with Gasteiger partial charge in [0.15, 0.2) is 5.69 Å². The van der Waals surface area contributed by atoms with Gasteiger partial charge in [-0.25, -0.2) is 4.98 Å². The number of hydrogen-bond donors (Lipinski definition) is 0. The predicted octanol–water partition coefficient (Wildman–Crippen LogP) is 4.26. The summed E-state index contributed by atoms with van der Waals surface area (Å²) >= 11 is 3.14. The molecule has 0 aliphatic heterocycles. The molecule has 5 nitrogen and oxygen atoms in total. The largest absolute Gasteiger partial charge is 0.434 e. The van der Waals surface area contributed by atoms with Gasteiger partial charge >= 0.3 is 6.18 Å². The van der Waals surface area contributed by atoms with Gasteiger partial charge in [0, 0.05) is 34.9 Å². The molecule has 0 atom stereocenters. The molecule has 1 aromatic carbocycles. The predicted molar refractivity (Wildman–Crippen MR) is 72.7 cm³/mol. The molecular weight excluding hydrogens is 355 g/mol. The molecule has 2 rings (SSSR count). The zero-order valence-electron chi connectivity index (χ0n) is 10.7. The van der Waals surface area contributed by atoms with E-state index >= 15 is 0 Å². The van der Waals surface area contributed by atoms with Gasteiger partial charge in [-0.3, -0.25) is 10.1 Å². The van der Waals surface area contributed by atoms with E-state index < -0.39 is 16.8 Å². The van der Waals surface area contributed by atoms with Crippen molar-refractivity contribution in [2.75, 3.05) is 0 Å². The highest BCUT2D eigenvalue weighted by Crippen LogP contribution is 2.34. The van der Waals surface area contributed by atoms with Gasteiger partial charge in [-0.05, 0) is 28.9 Å². The van der Waals surface area contributed by atoms with Crippen molar-refractivity contribution in [1.82, 2.24) is 9.55 Å². The van der Waals surface area contributed by atoms with Crippen LogP contribution in [0.2, 0.25) is 0 Å². The summed E-state index contributed by atoms with van der Waals surface area (Å²) < 4.78 is 39.8. The molecule has 1 aromatic heterocycles. The summed E-state index contributed by atoms with van der Waals surface area (Å²) in [6.45, 7) is 1.98. The van der Waals surface area contributed by atoms with E-state index in [-0.39, 0.29) is 11.5 Å². The minimum atomic E-state index is -4.54. The van der Waals surface area contributed by atoms with Gasteiger partial charge in [0.2, 0.25) is 0 Å². The van der Waals surface area contributed by atoms with E-state index in [4.69, 9.17) is 0 Å². The van der Waals surface area contributed by atoms with Gasteiger partial charge < -0.3 is 4.57 Å². The highest BCUT2D eigenvalue weighted by Gasteiger charge is 2.35. The summed E-state index contributed by atoms with van der Waals surface area (Å²) in [5.41, 5.74) is -0.793. The number of nitrogens with zero attached hydrogens (tertiary/aromatic N) is 3. The van der Waals surface area contributed by atoms with Crippen LogP contribution in [0.3, 0.4) is 0 Å². The average Bonchev–Trinajstić information content (AvgIpc) is 2.82. The van der Waals surface area contributed by atoms with E-state index in [2.05, 4.69) is 20.9 Å². The molecule has 0 radical (unpaired) electrons. The first kappa shape index (κ1) is 15.5. The highest BCUT2D eigenvalue weighted by atomic mass is 79.9. The lowest BCUT2D eigenvalue weighted by Gasteiger charge is -2.06. The molecule has 0 aliphatic rings. The minimum absolute atomic E-state index is 0.103. The van der Waals surface area contributed by atoms with E-state index in [0.29, 0.717) is 16.6 Å². The molecule has 21 heavy (non-hydrogen) atoms. The van der Waals surface area contributed by atoms with E-state index in [1.54, 1.807) is 6.92 Å². The van der Waals surface area contributed by atoms with Crippen molar-refractivity contribution >= 4 is 21.6 Å². The smallest absolute Gasteiger partial charge is 0.331 e. The second kappa shape index (κ2) is 5.47. The minimum Gasteiger partial charge on any atom is -0.331 e. The zero-order valence-corrected chi connectivity index (χ0v) is 12.3. The summed E-state index contributed by atoms with van der Waals surface area (Å²) in [7, 11) is 0. The summed E-state index contributed by atoms with van der Waals surface area (Å²) in [5, 5.41) is 10.7. The average molecular weight is 364 g/mol. The summed E-state index contributed by atoms with van der Waals surface area (Å²) in [4.78, 5) is 13.7. The third-order valence-corrected chi connectivity index (χ3v) is 3.47. The van der Waals surface area contributed by atoms with Crippen molar-refractivity contribution in [3.8, 4) is 11.4 Å². The molecule has 2 aromatic rings. The maximum absolute atomic E-state index is 12.7. The number of rotatable bonds is 3. The SMILES string of the molecule is CCn1cc(C(F)(F)F)nc1-c1ccc([N+](=O)[O-])cc1Br. The van der Waals surface area contributed by atoms with Crippen LogP contribution in [0.4, 0.5) is 18.9 Å². The Morgan fingerprint density at radius 1 is 1.43 bits per heavy atom. The number of aromatic nitrogens is 2. The van der Waals surface area contributed by atoms with Crippen LogP contribution < -0.4 is 0 Å². The normalized spacial score (nSPS) is 11.7. The number of imidazole rings is 1. The van der Waals surface area contributed by atoms with Crippen LogP contribution in [0.25, 0.3) is 11.4 Å². The summed E-state index contributed by atoms with van der Waals surface area (Å²) in [6.07, 6.45) is -3.62. The molecular formula is C12H9BrF3N3O2. The molecule has 0 saturated heterocycles. The van der Waals surface area contributed by atoms with Gasteiger partial charge in [-0.2, -0.15) is 13.2 Å². The maximum atomic E-state index is 12.7. The molecule has 0 bridgehead atoms. The zero-order chi connectivity index (χ0) is 15.8. The number of halogens is 4. The Balaban J connectivity index is 2.56. The van der Waals surface area contributed by atoms with Crippen LogP contribution in [-0.2, 0) is 12.7 Å². The quantitative estimate of drug-likeness (QED) is 0.604. The molecule has 0 N–H and O–H groups in total. The summed E-state index contributed by atoms with van der Waals surface area (Å²) in [6, 6.07) is 3.83. The Kier molecular flexibility index (Phi) is 4.04.